The molecule has 0 radical (unpaired) electrons. The third kappa shape index (κ3) is 7.15. The molecule has 0 aliphatic carbocycles. The third-order valence-corrected chi connectivity index (χ3v) is 8.21. The zero-order valence-corrected chi connectivity index (χ0v) is 25.5. The highest BCUT2D eigenvalue weighted by atomic mass is 32.2. The molecule has 1 fully saturated rings. The van der Waals surface area contributed by atoms with Gasteiger partial charge in [0, 0.05) is 12.1 Å². The molecule has 1 amide bonds. The van der Waals surface area contributed by atoms with Gasteiger partial charge in [-0.25, -0.2) is 4.99 Å². The summed E-state index contributed by atoms with van der Waals surface area (Å²) in [6.45, 7) is 8.28. The first-order valence-corrected chi connectivity index (χ1v) is 15.3. The van der Waals surface area contributed by atoms with Crippen molar-refractivity contribution in [1.82, 2.24) is 0 Å². The number of nitro groups is 1. The fraction of sp³-hybridized carbons (Fsp3) is 0.167. The van der Waals surface area contributed by atoms with E-state index in [9.17, 15) is 14.9 Å². The van der Waals surface area contributed by atoms with Crippen LogP contribution in [0.5, 0.6) is 5.75 Å². The van der Waals surface area contributed by atoms with Gasteiger partial charge in [0.15, 0.2) is 5.17 Å². The molecule has 4 aromatic carbocycles. The number of benzene rings is 4. The molecule has 0 atom stereocenters. The molecule has 1 aliphatic rings. The predicted octanol–water partition coefficient (Wildman–Crippen LogP) is 8.84. The number of rotatable bonds is 11. The SMILES string of the molecule is C=CCc1cc(/C=C2\SC(=Nc3ccc(CC)cc3)N(c3ccc(CC)cc3)C2=O)ccc1OCc1cccc([N+](=O)[O-])c1. The van der Waals surface area contributed by atoms with E-state index in [-0.39, 0.29) is 18.2 Å². The normalized spacial score (nSPS) is 14.8. The molecule has 0 N–H and O–H groups in total. The van der Waals surface area contributed by atoms with Gasteiger partial charge < -0.3 is 4.74 Å². The van der Waals surface area contributed by atoms with Gasteiger partial charge in [0.2, 0.25) is 0 Å². The number of carbonyl (C=O) groups excluding carboxylic acids is 1. The number of hydrogen-bond donors (Lipinski definition) is 0. The van der Waals surface area contributed by atoms with E-state index in [2.05, 4.69) is 32.6 Å². The van der Waals surface area contributed by atoms with Crippen molar-refractivity contribution in [3.63, 3.8) is 0 Å². The lowest BCUT2D eigenvalue weighted by atomic mass is 10.1. The smallest absolute Gasteiger partial charge is 0.271 e. The topological polar surface area (TPSA) is 85.0 Å². The number of anilines is 1. The van der Waals surface area contributed by atoms with Crippen molar-refractivity contribution in [3.05, 3.63) is 146 Å². The number of amidine groups is 1. The standard InChI is InChI=1S/C36H33N3O4S/c1-4-8-29-21-27(15-20-33(29)43-24-28-9-7-10-32(22-28)39(41)42)23-34-35(40)38(31-18-13-26(6-3)14-19-31)36(44-34)37-30-16-11-25(5-2)12-17-30/h4,7,9-23H,1,5-6,8,24H2,2-3H3/b34-23-,37-36?. The quantitative estimate of drug-likeness (QED) is 0.0740. The highest BCUT2D eigenvalue weighted by Crippen LogP contribution is 2.38. The van der Waals surface area contributed by atoms with E-state index in [1.165, 1.54) is 35.0 Å². The molecule has 7 nitrogen and oxygen atoms in total. The molecule has 4 aromatic rings. The number of ether oxygens (including phenoxy) is 1. The number of thioether (sulfide) groups is 1. The van der Waals surface area contributed by atoms with Crippen LogP contribution in [0, 0.1) is 10.1 Å². The molecule has 0 saturated carbocycles. The number of aryl methyl sites for hydroxylation is 2. The van der Waals surface area contributed by atoms with Gasteiger partial charge in [0.05, 0.1) is 21.2 Å². The molecule has 0 unspecified atom stereocenters. The molecular weight excluding hydrogens is 570 g/mol. The van der Waals surface area contributed by atoms with E-state index in [1.54, 1.807) is 23.1 Å². The highest BCUT2D eigenvalue weighted by molar-refractivity contribution is 8.19. The van der Waals surface area contributed by atoms with E-state index >= 15 is 0 Å². The van der Waals surface area contributed by atoms with E-state index in [4.69, 9.17) is 9.73 Å². The molecule has 0 spiro atoms. The van der Waals surface area contributed by atoms with Gasteiger partial charge in [0.25, 0.3) is 11.6 Å². The Hall–Kier alpha value is -4.95. The first-order chi connectivity index (χ1) is 21.4. The summed E-state index contributed by atoms with van der Waals surface area (Å²) in [5, 5.41) is 11.7. The lowest BCUT2D eigenvalue weighted by Crippen LogP contribution is -2.28. The van der Waals surface area contributed by atoms with Crippen LogP contribution in [0.25, 0.3) is 6.08 Å². The minimum Gasteiger partial charge on any atom is -0.489 e. The number of nitrogens with zero attached hydrogens (tertiary/aromatic N) is 3. The molecule has 1 aliphatic heterocycles. The van der Waals surface area contributed by atoms with E-state index in [0.717, 1.165) is 35.3 Å². The maximum absolute atomic E-state index is 13.8. The van der Waals surface area contributed by atoms with Gasteiger partial charge in [-0.3, -0.25) is 19.8 Å². The zero-order chi connectivity index (χ0) is 31.1. The van der Waals surface area contributed by atoms with Crippen LogP contribution in [0.2, 0.25) is 0 Å². The van der Waals surface area contributed by atoms with Crippen molar-refractivity contribution in [2.24, 2.45) is 4.99 Å². The van der Waals surface area contributed by atoms with Crippen molar-refractivity contribution in [3.8, 4) is 5.75 Å². The van der Waals surface area contributed by atoms with Crippen LogP contribution in [-0.2, 0) is 30.7 Å². The second-order valence-electron chi connectivity index (χ2n) is 10.3. The molecular formula is C36H33N3O4S. The molecule has 0 aromatic heterocycles. The Morgan fingerprint density at radius 3 is 2.30 bits per heavy atom. The zero-order valence-electron chi connectivity index (χ0n) is 24.7. The number of amides is 1. The van der Waals surface area contributed by atoms with Crippen LogP contribution in [0.1, 0.15) is 41.7 Å². The number of carbonyl (C=O) groups is 1. The van der Waals surface area contributed by atoms with Crippen LogP contribution < -0.4 is 9.64 Å². The largest absolute Gasteiger partial charge is 0.489 e. The van der Waals surface area contributed by atoms with Crippen LogP contribution in [0.3, 0.4) is 0 Å². The van der Waals surface area contributed by atoms with Crippen molar-refractivity contribution in [2.75, 3.05) is 4.90 Å². The van der Waals surface area contributed by atoms with Gasteiger partial charge in [-0.2, -0.15) is 0 Å². The molecule has 1 heterocycles. The molecule has 0 bridgehead atoms. The Morgan fingerprint density at radius 1 is 0.932 bits per heavy atom. The minimum atomic E-state index is -0.420. The Kier molecular flexibility index (Phi) is 9.72. The van der Waals surface area contributed by atoms with E-state index in [0.29, 0.717) is 27.8 Å². The van der Waals surface area contributed by atoms with Gasteiger partial charge >= 0.3 is 0 Å². The monoisotopic (exact) mass is 603 g/mol. The first-order valence-electron chi connectivity index (χ1n) is 14.5. The summed E-state index contributed by atoms with van der Waals surface area (Å²) >= 11 is 1.35. The summed E-state index contributed by atoms with van der Waals surface area (Å²) < 4.78 is 6.06. The molecule has 222 valence electrons. The summed E-state index contributed by atoms with van der Waals surface area (Å²) in [6.07, 6.45) is 6.08. The number of hydrogen-bond acceptors (Lipinski definition) is 6. The molecule has 8 heteroatoms. The molecule has 44 heavy (non-hydrogen) atoms. The summed E-state index contributed by atoms with van der Waals surface area (Å²) in [4.78, 5) is 31.7. The van der Waals surface area contributed by atoms with E-state index < -0.39 is 4.92 Å². The first kappa shape index (κ1) is 30.5. The average Bonchev–Trinajstić information content (AvgIpc) is 3.34. The van der Waals surface area contributed by atoms with Crippen molar-refractivity contribution in [2.45, 2.75) is 39.7 Å². The number of allylic oxidation sites excluding steroid dienone is 1. The number of aliphatic imine (C=N–C) groups is 1. The van der Waals surface area contributed by atoms with Crippen LogP contribution in [-0.4, -0.2) is 16.0 Å². The lowest BCUT2D eigenvalue weighted by molar-refractivity contribution is -0.384. The second kappa shape index (κ2) is 14.0. The Labute approximate surface area is 261 Å². The summed E-state index contributed by atoms with van der Waals surface area (Å²) in [6, 6.07) is 28.2. The predicted molar refractivity (Wildman–Crippen MR) is 180 cm³/mol. The highest BCUT2D eigenvalue weighted by Gasteiger charge is 2.34. The average molecular weight is 604 g/mol. The fourth-order valence-corrected chi connectivity index (χ4v) is 5.79. The Bertz CT molecular complexity index is 1740. The van der Waals surface area contributed by atoms with E-state index in [1.807, 2.05) is 60.7 Å². The number of non-ortho nitro benzene ring substituents is 1. The molecule has 5 rings (SSSR count). The second-order valence-corrected chi connectivity index (χ2v) is 11.3. The third-order valence-electron chi connectivity index (χ3n) is 7.24. The lowest BCUT2D eigenvalue weighted by Gasteiger charge is -2.16. The Morgan fingerprint density at radius 2 is 1.64 bits per heavy atom. The van der Waals surface area contributed by atoms with Crippen LogP contribution >= 0.6 is 11.8 Å². The van der Waals surface area contributed by atoms with Crippen molar-refractivity contribution >= 4 is 46.0 Å². The minimum absolute atomic E-state index is 0.0225. The van der Waals surface area contributed by atoms with Crippen LogP contribution in [0.4, 0.5) is 17.1 Å². The van der Waals surface area contributed by atoms with Gasteiger partial charge in [0.1, 0.15) is 12.4 Å². The van der Waals surface area contributed by atoms with Crippen molar-refractivity contribution in [1.29, 1.82) is 0 Å². The summed E-state index contributed by atoms with van der Waals surface area (Å²) in [5.74, 6) is 0.513. The van der Waals surface area contributed by atoms with Gasteiger partial charge in [-0.05, 0) is 101 Å². The maximum Gasteiger partial charge on any atom is 0.271 e. The van der Waals surface area contributed by atoms with Gasteiger partial charge in [-0.1, -0.05) is 62.4 Å². The van der Waals surface area contributed by atoms with Gasteiger partial charge in [-0.15, -0.1) is 6.58 Å². The maximum atomic E-state index is 13.8. The van der Waals surface area contributed by atoms with Crippen molar-refractivity contribution < 1.29 is 14.5 Å². The Balaban J connectivity index is 1.44. The fourth-order valence-electron chi connectivity index (χ4n) is 4.79. The summed E-state index contributed by atoms with van der Waals surface area (Å²) in [5.41, 5.74) is 6.43. The number of nitro benzene ring substituents is 1. The van der Waals surface area contributed by atoms with Crippen LogP contribution in [0.15, 0.2) is 114 Å². The summed E-state index contributed by atoms with van der Waals surface area (Å²) in [7, 11) is 0. The molecule has 1 saturated heterocycles.